The SMILES string of the molecule is CCN1CCC2(CN(C(=O)N(C)C)CC23CCN(C(=O)NCC(C)C)CC3)C1=O. The molecule has 3 fully saturated rings. The normalized spacial score (nSPS) is 26.1. The van der Waals surface area contributed by atoms with Gasteiger partial charge < -0.3 is 24.9 Å². The Hall–Kier alpha value is -1.99. The Morgan fingerprint density at radius 2 is 1.72 bits per heavy atom. The zero-order valence-corrected chi connectivity index (χ0v) is 18.7. The van der Waals surface area contributed by atoms with Crippen molar-refractivity contribution in [2.75, 3.05) is 59.9 Å². The van der Waals surface area contributed by atoms with Crippen LogP contribution < -0.4 is 5.32 Å². The second-order valence-electron chi connectivity index (χ2n) is 9.60. The molecular formula is C21H37N5O3. The minimum Gasteiger partial charge on any atom is -0.342 e. The molecule has 3 saturated heterocycles. The fraction of sp³-hybridized carbons (Fsp3) is 0.857. The van der Waals surface area contributed by atoms with Gasteiger partial charge in [0.25, 0.3) is 0 Å². The summed E-state index contributed by atoms with van der Waals surface area (Å²) in [6.07, 6.45) is 2.33. The standard InChI is InChI=1S/C21H37N5O3/c1-6-24-12-9-21(17(24)27)15-26(19(29)23(4)5)14-20(21)7-10-25(11-8-20)18(28)22-13-16(2)3/h16H,6-15H2,1-5H3,(H,22,28). The lowest BCUT2D eigenvalue weighted by Gasteiger charge is -2.46. The molecule has 164 valence electrons. The van der Waals surface area contributed by atoms with E-state index in [9.17, 15) is 14.4 Å². The van der Waals surface area contributed by atoms with Crippen LogP contribution in [0.25, 0.3) is 0 Å². The van der Waals surface area contributed by atoms with E-state index in [0.717, 1.165) is 25.8 Å². The van der Waals surface area contributed by atoms with E-state index >= 15 is 0 Å². The first-order valence-corrected chi connectivity index (χ1v) is 10.9. The maximum Gasteiger partial charge on any atom is 0.319 e. The summed E-state index contributed by atoms with van der Waals surface area (Å²) in [7, 11) is 3.52. The number of carbonyl (C=O) groups is 3. The van der Waals surface area contributed by atoms with Gasteiger partial charge in [0, 0.05) is 65.3 Å². The topological polar surface area (TPSA) is 76.2 Å². The Labute approximate surface area is 174 Å². The Balaban J connectivity index is 1.79. The first-order chi connectivity index (χ1) is 13.7. The molecule has 8 nitrogen and oxygen atoms in total. The number of nitrogens with one attached hydrogen (secondary N) is 1. The Bertz CT molecular complexity index is 657. The van der Waals surface area contributed by atoms with Crippen LogP contribution in [0.2, 0.25) is 0 Å². The molecule has 3 aliphatic rings. The minimum atomic E-state index is -0.505. The Kier molecular flexibility index (Phi) is 6.01. The highest BCUT2D eigenvalue weighted by Crippen LogP contribution is 2.57. The van der Waals surface area contributed by atoms with Crippen LogP contribution >= 0.6 is 0 Å². The molecule has 0 aromatic carbocycles. The predicted octanol–water partition coefficient (Wildman–Crippen LogP) is 1.67. The Morgan fingerprint density at radius 1 is 1.07 bits per heavy atom. The van der Waals surface area contributed by atoms with Crippen LogP contribution in [-0.4, -0.2) is 97.5 Å². The van der Waals surface area contributed by atoms with Crippen molar-refractivity contribution in [2.24, 2.45) is 16.7 Å². The van der Waals surface area contributed by atoms with E-state index in [4.69, 9.17) is 0 Å². The van der Waals surface area contributed by atoms with E-state index in [-0.39, 0.29) is 23.4 Å². The molecule has 1 atom stereocenters. The average molecular weight is 408 g/mol. The number of rotatable bonds is 3. The van der Waals surface area contributed by atoms with Gasteiger partial charge in [-0.2, -0.15) is 0 Å². The van der Waals surface area contributed by atoms with Gasteiger partial charge in [0.05, 0.1) is 5.41 Å². The molecular weight excluding hydrogens is 370 g/mol. The van der Waals surface area contributed by atoms with E-state index in [1.54, 1.807) is 19.0 Å². The summed E-state index contributed by atoms with van der Waals surface area (Å²) in [6, 6.07) is -0.0455. The van der Waals surface area contributed by atoms with Crippen LogP contribution in [0.5, 0.6) is 0 Å². The van der Waals surface area contributed by atoms with Crippen LogP contribution in [0.4, 0.5) is 9.59 Å². The van der Waals surface area contributed by atoms with Crippen LogP contribution in [0.3, 0.4) is 0 Å². The number of carbonyl (C=O) groups excluding carboxylic acids is 3. The third-order valence-corrected chi connectivity index (χ3v) is 7.18. The molecule has 0 aromatic heterocycles. The molecule has 5 amide bonds. The number of hydrogen-bond acceptors (Lipinski definition) is 3. The van der Waals surface area contributed by atoms with Gasteiger partial charge in [0.2, 0.25) is 5.91 Å². The zero-order valence-electron chi connectivity index (χ0n) is 18.7. The molecule has 0 bridgehead atoms. The summed E-state index contributed by atoms with van der Waals surface area (Å²) in [5.74, 6) is 0.613. The number of likely N-dealkylation sites (tertiary alicyclic amines) is 3. The van der Waals surface area contributed by atoms with Crippen LogP contribution in [0, 0.1) is 16.7 Å². The second kappa shape index (κ2) is 8.03. The van der Waals surface area contributed by atoms with Crippen LogP contribution in [0.1, 0.15) is 40.0 Å². The highest BCUT2D eigenvalue weighted by atomic mass is 16.2. The summed E-state index contributed by atoms with van der Waals surface area (Å²) in [5, 5.41) is 3.00. The van der Waals surface area contributed by atoms with Crippen molar-refractivity contribution in [3.05, 3.63) is 0 Å². The lowest BCUT2D eigenvalue weighted by molar-refractivity contribution is -0.141. The fourth-order valence-corrected chi connectivity index (χ4v) is 5.44. The van der Waals surface area contributed by atoms with Gasteiger partial charge in [0.1, 0.15) is 0 Å². The van der Waals surface area contributed by atoms with Crippen molar-refractivity contribution >= 4 is 18.0 Å². The molecule has 3 rings (SSSR count). The molecule has 0 saturated carbocycles. The smallest absolute Gasteiger partial charge is 0.319 e. The molecule has 0 aliphatic carbocycles. The molecule has 2 spiro atoms. The molecule has 1 N–H and O–H groups in total. The van der Waals surface area contributed by atoms with Crippen molar-refractivity contribution in [1.29, 1.82) is 0 Å². The van der Waals surface area contributed by atoms with E-state index < -0.39 is 5.41 Å². The van der Waals surface area contributed by atoms with Crippen molar-refractivity contribution in [1.82, 2.24) is 24.9 Å². The van der Waals surface area contributed by atoms with Crippen molar-refractivity contribution in [2.45, 2.75) is 40.0 Å². The first kappa shape index (κ1) is 21.7. The monoisotopic (exact) mass is 407 g/mol. The van der Waals surface area contributed by atoms with E-state index in [0.29, 0.717) is 45.2 Å². The summed E-state index contributed by atoms with van der Waals surface area (Å²) >= 11 is 0. The number of piperidine rings is 1. The molecule has 3 heterocycles. The Morgan fingerprint density at radius 3 is 2.24 bits per heavy atom. The highest BCUT2D eigenvalue weighted by molar-refractivity contribution is 5.88. The summed E-state index contributed by atoms with van der Waals surface area (Å²) in [4.78, 5) is 46.0. The molecule has 8 heteroatoms. The summed E-state index contributed by atoms with van der Waals surface area (Å²) < 4.78 is 0. The van der Waals surface area contributed by atoms with Crippen molar-refractivity contribution in [3.8, 4) is 0 Å². The average Bonchev–Trinajstić information content (AvgIpc) is 3.18. The van der Waals surface area contributed by atoms with E-state index in [2.05, 4.69) is 19.2 Å². The maximum atomic E-state index is 13.4. The number of amides is 5. The lowest BCUT2D eigenvalue weighted by Crippen LogP contribution is -2.55. The van der Waals surface area contributed by atoms with E-state index in [1.807, 2.05) is 21.6 Å². The highest BCUT2D eigenvalue weighted by Gasteiger charge is 2.66. The van der Waals surface area contributed by atoms with Crippen molar-refractivity contribution in [3.63, 3.8) is 0 Å². The third-order valence-electron chi connectivity index (χ3n) is 7.18. The summed E-state index contributed by atoms with van der Waals surface area (Å²) in [6.45, 7) is 10.7. The molecule has 0 radical (unpaired) electrons. The van der Waals surface area contributed by atoms with Crippen molar-refractivity contribution < 1.29 is 14.4 Å². The summed E-state index contributed by atoms with van der Waals surface area (Å²) in [5.41, 5.74) is -0.746. The zero-order chi connectivity index (χ0) is 21.4. The number of urea groups is 2. The molecule has 29 heavy (non-hydrogen) atoms. The third kappa shape index (κ3) is 3.66. The van der Waals surface area contributed by atoms with Crippen LogP contribution in [0.15, 0.2) is 0 Å². The maximum absolute atomic E-state index is 13.4. The molecule has 1 unspecified atom stereocenters. The quantitative estimate of drug-likeness (QED) is 0.773. The van der Waals surface area contributed by atoms with Gasteiger partial charge >= 0.3 is 12.1 Å². The molecule has 3 aliphatic heterocycles. The van der Waals surface area contributed by atoms with Gasteiger partial charge in [-0.25, -0.2) is 9.59 Å². The minimum absolute atomic E-state index is 0.0187. The fourth-order valence-electron chi connectivity index (χ4n) is 5.44. The number of fused-ring (bicyclic) bond motifs is 1. The number of nitrogens with zero attached hydrogens (tertiary/aromatic N) is 4. The second-order valence-corrected chi connectivity index (χ2v) is 9.60. The van der Waals surface area contributed by atoms with E-state index in [1.165, 1.54) is 0 Å². The van der Waals surface area contributed by atoms with Gasteiger partial charge in [-0.05, 0) is 32.1 Å². The van der Waals surface area contributed by atoms with Gasteiger partial charge in [0.15, 0.2) is 0 Å². The predicted molar refractivity (Wildman–Crippen MR) is 111 cm³/mol. The number of hydrogen-bond donors (Lipinski definition) is 1. The molecule has 0 aromatic rings. The lowest BCUT2D eigenvalue weighted by atomic mass is 9.60. The van der Waals surface area contributed by atoms with Gasteiger partial charge in [-0.3, -0.25) is 4.79 Å². The van der Waals surface area contributed by atoms with Gasteiger partial charge in [-0.1, -0.05) is 13.8 Å². The van der Waals surface area contributed by atoms with Gasteiger partial charge in [-0.15, -0.1) is 0 Å². The largest absolute Gasteiger partial charge is 0.342 e. The van der Waals surface area contributed by atoms with Crippen LogP contribution in [-0.2, 0) is 4.79 Å². The first-order valence-electron chi connectivity index (χ1n) is 10.9.